The van der Waals surface area contributed by atoms with E-state index < -0.39 is 93.7 Å². The maximum atomic E-state index is 14.1. The molecule has 3 aromatic rings. The number of carboxylic acid groups (broad SMARTS) is 2. The number of phenolic OH excluding ortho intramolecular Hbond substituents is 1. The molecule has 6 atom stereocenters. The van der Waals surface area contributed by atoms with E-state index in [9.17, 15) is 54.3 Å². The largest absolute Gasteiger partial charge is 0.508 e. The van der Waals surface area contributed by atoms with Gasteiger partial charge in [-0.15, -0.1) is 0 Å². The van der Waals surface area contributed by atoms with Crippen LogP contribution in [0.5, 0.6) is 17.2 Å². The van der Waals surface area contributed by atoms with Gasteiger partial charge in [0.2, 0.25) is 23.6 Å². The van der Waals surface area contributed by atoms with Crippen LogP contribution in [0.4, 0.5) is 11.4 Å². The third-order valence-electron chi connectivity index (χ3n) is 9.86. The van der Waals surface area contributed by atoms with Gasteiger partial charge in [0.1, 0.15) is 28.4 Å². The fourth-order valence-electron chi connectivity index (χ4n) is 7.88. The van der Waals surface area contributed by atoms with Crippen LogP contribution in [0.2, 0.25) is 0 Å². The van der Waals surface area contributed by atoms with Crippen LogP contribution < -0.4 is 9.80 Å². The molecule has 0 radical (unpaired) electrons. The average molecular weight is 639 g/mol. The second-order valence-corrected chi connectivity index (χ2v) is 12.1. The Morgan fingerprint density at radius 1 is 0.617 bits per heavy atom. The highest BCUT2D eigenvalue weighted by Crippen LogP contribution is 2.59. The van der Waals surface area contributed by atoms with Gasteiger partial charge in [-0.25, -0.2) is 19.4 Å². The number of hydrogen-bond donors (Lipinski definition) is 5. The number of anilines is 2. The number of imide groups is 2. The summed E-state index contributed by atoms with van der Waals surface area (Å²) in [5, 5.41) is 50.2. The average Bonchev–Trinajstić information content (AvgIpc) is 3.43. The molecule has 2 aliphatic heterocycles. The zero-order valence-corrected chi connectivity index (χ0v) is 24.3. The Bertz CT molecular complexity index is 1980. The number of phenols is 3. The van der Waals surface area contributed by atoms with Gasteiger partial charge in [-0.3, -0.25) is 19.2 Å². The van der Waals surface area contributed by atoms with E-state index in [4.69, 9.17) is 0 Å². The van der Waals surface area contributed by atoms with E-state index in [2.05, 4.69) is 0 Å². The van der Waals surface area contributed by atoms with E-state index in [1.807, 2.05) is 0 Å². The zero-order valence-electron chi connectivity index (χ0n) is 24.3. The summed E-state index contributed by atoms with van der Waals surface area (Å²) in [5.41, 5.74) is 0.107. The summed E-state index contributed by atoms with van der Waals surface area (Å²) in [6.07, 6.45) is 1.92. The van der Waals surface area contributed by atoms with E-state index >= 15 is 0 Å². The number of carboxylic acids is 2. The van der Waals surface area contributed by atoms with Gasteiger partial charge in [-0.05, 0) is 49.1 Å². The van der Waals surface area contributed by atoms with E-state index in [1.54, 1.807) is 24.3 Å². The van der Waals surface area contributed by atoms with Crippen LogP contribution >= 0.6 is 0 Å². The number of para-hydroxylation sites is 1. The molecule has 238 valence electrons. The molecule has 0 bridgehead atoms. The van der Waals surface area contributed by atoms with Gasteiger partial charge >= 0.3 is 11.9 Å². The number of benzene rings is 3. The maximum Gasteiger partial charge on any atom is 0.339 e. The van der Waals surface area contributed by atoms with Crippen molar-refractivity contribution in [3.8, 4) is 17.2 Å². The molecule has 3 aromatic carbocycles. The third-order valence-corrected chi connectivity index (χ3v) is 9.86. The summed E-state index contributed by atoms with van der Waals surface area (Å²) in [5.74, 6) is -11.9. The molecule has 0 aromatic heterocycles. The number of nitrogens with zero attached hydrogens (tertiary/aromatic N) is 2. The smallest absolute Gasteiger partial charge is 0.339 e. The minimum absolute atomic E-state index is 0.00713. The van der Waals surface area contributed by atoms with Gasteiger partial charge in [0.25, 0.3) is 0 Å². The molecule has 4 amide bonds. The Balaban J connectivity index is 1.31. The lowest BCUT2D eigenvalue weighted by Gasteiger charge is -2.44. The molecule has 2 aliphatic carbocycles. The van der Waals surface area contributed by atoms with Crippen LogP contribution in [-0.4, -0.2) is 61.1 Å². The number of aromatic carboxylic acids is 2. The second-order valence-electron chi connectivity index (χ2n) is 12.1. The monoisotopic (exact) mass is 638 g/mol. The van der Waals surface area contributed by atoms with Crippen molar-refractivity contribution in [1.29, 1.82) is 0 Å². The molecule has 7 rings (SSSR count). The minimum atomic E-state index is -1.40. The molecule has 2 saturated heterocycles. The molecule has 47 heavy (non-hydrogen) atoms. The third kappa shape index (κ3) is 4.30. The highest BCUT2D eigenvalue weighted by molar-refractivity contribution is 6.24. The summed E-state index contributed by atoms with van der Waals surface area (Å²) < 4.78 is 0. The van der Waals surface area contributed by atoms with E-state index in [1.165, 1.54) is 18.2 Å². The summed E-state index contributed by atoms with van der Waals surface area (Å²) in [6, 6.07) is 13.1. The Kier molecular flexibility index (Phi) is 6.67. The molecule has 4 aliphatic rings. The van der Waals surface area contributed by atoms with Crippen LogP contribution in [0.3, 0.4) is 0 Å². The van der Waals surface area contributed by atoms with Crippen LogP contribution in [0.1, 0.15) is 45.0 Å². The van der Waals surface area contributed by atoms with Gasteiger partial charge in [0, 0.05) is 23.6 Å². The van der Waals surface area contributed by atoms with Crippen molar-refractivity contribution in [2.75, 3.05) is 9.80 Å². The number of rotatable bonds is 5. The minimum Gasteiger partial charge on any atom is -0.508 e. The Morgan fingerprint density at radius 2 is 1.15 bits per heavy atom. The lowest BCUT2D eigenvalue weighted by molar-refractivity contribution is -0.126. The van der Waals surface area contributed by atoms with Crippen molar-refractivity contribution in [2.24, 2.45) is 29.6 Å². The number of hydrogen-bond acceptors (Lipinski definition) is 9. The highest BCUT2D eigenvalue weighted by Gasteiger charge is 2.62. The quantitative estimate of drug-likeness (QED) is 0.202. The topological polar surface area (TPSA) is 210 Å². The summed E-state index contributed by atoms with van der Waals surface area (Å²) in [7, 11) is 0. The normalized spacial score (nSPS) is 26.5. The zero-order chi connectivity index (χ0) is 33.5. The van der Waals surface area contributed by atoms with Gasteiger partial charge in [-0.2, -0.15) is 0 Å². The Morgan fingerprint density at radius 3 is 1.68 bits per heavy atom. The number of carbonyl (C=O) groups is 6. The van der Waals surface area contributed by atoms with Crippen LogP contribution in [-0.2, 0) is 19.2 Å². The number of allylic oxidation sites excluding steroid dienone is 2. The fourth-order valence-corrected chi connectivity index (χ4v) is 7.88. The number of aromatic hydroxyl groups is 3. The van der Waals surface area contributed by atoms with Crippen LogP contribution in [0, 0.1) is 29.6 Å². The molecular weight excluding hydrogens is 612 g/mol. The maximum absolute atomic E-state index is 14.1. The van der Waals surface area contributed by atoms with Crippen molar-refractivity contribution < 1.29 is 54.3 Å². The van der Waals surface area contributed by atoms with E-state index in [-0.39, 0.29) is 30.0 Å². The van der Waals surface area contributed by atoms with Crippen molar-refractivity contribution in [3.63, 3.8) is 0 Å². The summed E-state index contributed by atoms with van der Waals surface area (Å²) in [4.78, 5) is 80.6. The van der Waals surface area contributed by atoms with Crippen LogP contribution in [0.15, 0.2) is 72.3 Å². The standard InChI is InChI=1S/C34H26N2O11/c37-23-4-2-1-3-17(23)26-16-9-10-20-27(31(42)35(29(20)40)14-5-7-18(33(44)45)24(38)11-14)21(16)13-22-28(26)32(43)36(30(22)41)15-6-8-19(34(46)47)25(39)12-15/h1-9,11-12,20-22,26-28,37-39H,10,13H2,(H,44,45)(H,46,47)/t20-,21+,22+,26+,27-,28+/m0/s1. The van der Waals surface area contributed by atoms with Gasteiger partial charge in [0.15, 0.2) is 0 Å². The molecule has 13 nitrogen and oxygen atoms in total. The molecule has 13 heteroatoms. The predicted octanol–water partition coefficient (Wildman–Crippen LogP) is 3.25. The lowest BCUT2D eigenvalue weighted by atomic mass is 9.57. The summed E-state index contributed by atoms with van der Waals surface area (Å²) >= 11 is 0. The first-order valence-corrected chi connectivity index (χ1v) is 14.8. The van der Waals surface area contributed by atoms with Gasteiger partial charge in [0.05, 0.1) is 35.0 Å². The first kappa shape index (κ1) is 29.7. The second kappa shape index (κ2) is 10.5. The Hall–Kier alpha value is -5.98. The Labute approximate surface area is 265 Å². The number of fused-ring (bicyclic) bond motifs is 4. The van der Waals surface area contributed by atoms with Crippen LogP contribution in [0.25, 0.3) is 0 Å². The van der Waals surface area contributed by atoms with Crippen molar-refractivity contribution in [3.05, 3.63) is 89.0 Å². The molecule has 0 unspecified atom stereocenters. The molecule has 1 saturated carbocycles. The van der Waals surface area contributed by atoms with E-state index in [0.717, 1.165) is 34.1 Å². The molecule has 3 fully saturated rings. The van der Waals surface area contributed by atoms with Gasteiger partial charge < -0.3 is 25.5 Å². The van der Waals surface area contributed by atoms with Crippen molar-refractivity contribution >= 4 is 46.9 Å². The van der Waals surface area contributed by atoms with Gasteiger partial charge in [-0.1, -0.05) is 29.8 Å². The summed E-state index contributed by atoms with van der Waals surface area (Å²) in [6.45, 7) is 0. The molecular formula is C34H26N2O11. The van der Waals surface area contributed by atoms with Crippen molar-refractivity contribution in [2.45, 2.75) is 18.8 Å². The van der Waals surface area contributed by atoms with E-state index in [0.29, 0.717) is 11.1 Å². The first-order valence-electron chi connectivity index (χ1n) is 14.8. The fraction of sp³-hybridized carbons (Fsp3) is 0.235. The lowest BCUT2D eigenvalue weighted by Crippen LogP contribution is -2.43. The van der Waals surface area contributed by atoms with Crippen molar-refractivity contribution in [1.82, 2.24) is 0 Å². The molecule has 2 heterocycles. The first-order chi connectivity index (χ1) is 22.4. The highest BCUT2D eigenvalue weighted by atomic mass is 16.4. The molecule has 0 spiro atoms. The SMILES string of the molecule is O=C(O)c1ccc(N2C(=O)[C@H]3[C@H](CC=C4[C@H]3C[C@H]3C(=O)N(c5ccc(C(=O)O)c(O)c5)C(=O)[C@H]3[C@H]4c3ccccc3O)C2=O)cc1O. The number of carbonyl (C=O) groups excluding carboxylic acids is 4. The molecule has 5 N–H and O–H groups in total. The predicted molar refractivity (Wildman–Crippen MR) is 161 cm³/mol. The number of amides is 4.